The molecule has 6 heteroatoms. The van der Waals surface area contributed by atoms with Crippen LogP contribution in [0.5, 0.6) is 11.5 Å². The van der Waals surface area contributed by atoms with Gasteiger partial charge in [0.15, 0.2) is 17.3 Å². The number of aryl methyl sites for hydroxylation is 1. The van der Waals surface area contributed by atoms with Gasteiger partial charge in [-0.3, -0.25) is 9.89 Å². The highest BCUT2D eigenvalue weighted by atomic mass is 16.5. The van der Waals surface area contributed by atoms with E-state index in [-0.39, 0.29) is 5.91 Å². The van der Waals surface area contributed by atoms with Gasteiger partial charge in [-0.1, -0.05) is 6.08 Å². The Morgan fingerprint density at radius 1 is 1.36 bits per heavy atom. The highest BCUT2D eigenvalue weighted by Gasteiger charge is 2.16. The SMILES string of the molecule is C=CCc1cc(C(=O)Nc2cc(C)[nH]n2)cc(OC)c1OC. The van der Waals surface area contributed by atoms with Crippen LogP contribution in [-0.2, 0) is 6.42 Å². The van der Waals surface area contributed by atoms with E-state index in [1.165, 1.54) is 7.11 Å². The maximum Gasteiger partial charge on any atom is 0.257 e. The molecule has 2 N–H and O–H groups in total. The van der Waals surface area contributed by atoms with Crippen LogP contribution >= 0.6 is 0 Å². The summed E-state index contributed by atoms with van der Waals surface area (Å²) in [6, 6.07) is 5.15. The summed E-state index contributed by atoms with van der Waals surface area (Å²) < 4.78 is 10.7. The predicted octanol–water partition coefficient (Wildman–Crippen LogP) is 2.72. The number of ether oxygens (including phenoxy) is 2. The minimum Gasteiger partial charge on any atom is -0.493 e. The molecule has 0 aliphatic heterocycles. The van der Waals surface area contributed by atoms with E-state index in [4.69, 9.17) is 9.47 Å². The minimum absolute atomic E-state index is 0.266. The number of allylic oxidation sites excluding steroid dienone is 1. The third kappa shape index (κ3) is 3.28. The summed E-state index contributed by atoms with van der Waals surface area (Å²) in [5.41, 5.74) is 2.17. The summed E-state index contributed by atoms with van der Waals surface area (Å²) >= 11 is 0. The van der Waals surface area contributed by atoms with E-state index >= 15 is 0 Å². The number of hydrogen-bond acceptors (Lipinski definition) is 4. The summed E-state index contributed by atoms with van der Waals surface area (Å²) in [7, 11) is 3.10. The van der Waals surface area contributed by atoms with Gasteiger partial charge in [-0.15, -0.1) is 6.58 Å². The molecule has 0 atom stereocenters. The van der Waals surface area contributed by atoms with Crippen LogP contribution < -0.4 is 14.8 Å². The molecule has 0 radical (unpaired) electrons. The lowest BCUT2D eigenvalue weighted by Crippen LogP contribution is -2.13. The van der Waals surface area contributed by atoms with E-state index in [0.717, 1.165) is 11.3 Å². The van der Waals surface area contributed by atoms with Gasteiger partial charge in [0, 0.05) is 22.9 Å². The number of rotatable bonds is 6. The number of benzene rings is 1. The maximum atomic E-state index is 12.4. The predicted molar refractivity (Wildman–Crippen MR) is 84.7 cm³/mol. The Kier molecular flexibility index (Phi) is 4.83. The van der Waals surface area contributed by atoms with Crippen LogP contribution in [0.25, 0.3) is 0 Å². The largest absolute Gasteiger partial charge is 0.493 e. The normalized spacial score (nSPS) is 10.1. The Labute approximate surface area is 129 Å². The van der Waals surface area contributed by atoms with E-state index in [9.17, 15) is 4.79 Å². The number of carbonyl (C=O) groups excluding carboxylic acids is 1. The van der Waals surface area contributed by atoms with Crippen LogP contribution in [0.2, 0.25) is 0 Å². The van der Waals surface area contributed by atoms with Gasteiger partial charge in [0.05, 0.1) is 14.2 Å². The molecular formula is C16H19N3O3. The first-order chi connectivity index (χ1) is 10.6. The third-order valence-corrected chi connectivity index (χ3v) is 3.13. The number of carbonyl (C=O) groups is 1. The van der Waals surface area contributed by atoms with E-state index in [0.29, 0.717) is 29.3 Å². The fourth-order valence-corrected chi connectivity index (χ4v) is 2.15. The van der Waals surface area contributed by atoms with Crippen molar-refractivity contribution in [2.45, 2.75) is 13.3 Å². The number of amides is 1. The topological polar surface area (TPSA) is 76.2 Å². The second-order valence-corrected chi connectivity index (χ2v) is 4.75. The zero-order valence-electron chi connectivity index (χ0n) is 12.9. The zero-order valence-corrected chi connectivity index (χ0v) is 12.9. The van der Waals surface area contributed by atoms with Crippen LogP contribution in [0.1, 0.15) is 21.6 Å². The Bertz CT molecular complexity index is 692. The molecule has 0 spiro atoms. The van der Waals surface area contributed by atoms with Gasteiger partial charge in [0.2, 0.25) is 0 Å². The second kappa shape index (κ2) is 6.80. The molecule has 22 heavy (non-hydrogen) atoms. The fourth-order valence-electron chi connectivity index (χ4n) is 2.15. The van der Waals surface area contributed by atoms with Crippen molar-refractivity contribution in [1.29, 1.82) is 0 Å². The smallest absolute Gasteiger partial charge is 0.257 e. The van der Waals surface area contributed by atoms with Crippen LogP contribution in [0.3, 0.4) is 0 Å². The first-order valence-electron chi connectivity index (χ1n) is 6.78. The van der Waals surface area contributed by atoms with Gasteiger partial charge in [0.25, 0.3) is 5.91 Å². The van der Waals surface area contributed by atoms with Crippen LogP contribution in [0, 0.1) is 6.92 Å². The average molecular weight is 301 g/mol. The minimum atomic E-state index is -0.266. The average Bonchev–Trinajstić information content (AvgIpc) is 2.91. The van der Waals surface area contributed by atoms with E-state index in [1.54, 1.807) is 31.4 Å². The number of methoxy groups -OCH3 is 2. The van der Waals surface area contributed by atoms with Gasteiger partial charge in [-0.05, 0) is 25.5 Å². The molecule has 2 rings (SSSR count). The number of nitrogens with zero attached hydrogens (tertiary/aromatic N) is 1. The van der Waals surface area contributed by atoms with Gasteiger partial charge < -0.3 is 14.8 Å². The number of aromatic amines is 1. The third-order valence-electron chi connectivity index (χ3n) is 3.13. The highest BCUT2D eigenvalue weighted by molar-refractivity contribution is 6.04. The van der Waals surface area contributed by atoms with Crippen molar-refractivity contribution in [2.24, 2.45) is 0 Å². The molecule has 1 heterocycles. The number of anilines is 1. The maximum absolute atomic E-state index is 12.4. The van der Waals surface area contributed by atoms with Crippen molar-refractivity contribution in [3.63, 3.8) is 0 Å². The number of aromatic nitrogens is 2. The van der Waals surface area contributed by atoms with Gasteiger partial charge in [-0.25, -0.2) is 0 Å². The summed E-state index contributed by atoms with van der Waals surface area (Å²) in [4.78, 5) is 12.4. The lowest BCUT2D eigenvalue weighted by molar-refractivity contribution is 0.102. The summed E-state index contributed by atoms with van der Waals surface area (Å²) in [6.45, 7) is 5.58. The van der Waals surface area contributed by atoms with Crippen molar-refractivity contribution in [1.82, 2.24) is 10.2 Å². The van der Waals surface area contributed by atoms with Crippen LogP contribution in [0.15, 0.2) is 30.9 Å². The molecule has 0 bridgehead atoms. The molecular weight excluding hydrogens is 282 g/mol. The van der Waals surface area contributed by atoms with Gasteiger partial charge >= 0.3 is 0 Å². The first kappa shape index (κ1) is 15.6. The fraction of sp³-hybridized carbons (Fsp3) is 0.250. The molecule has 6 nitrogen and oxygen atoms in total. The van der Waals surface area contributed by atoms with E-state index < -0.39 is 0 Å². The molecule has 0 unspecified atom stereocenters. The van der Waals surface area contributed by atoms with Gasteiger partial charge in [0.1, 0.15) is 0 Å². The molecule has 0 saturated heterocycles. The molecule has 116 valence electrons. The lowest BCUT2D eigenvalue weighted by Gasteiger charge is -2.14. The molecule has 0 aliphatic carbocycles. The molecule has 1 aromatic carbocycles. The number of nitrogens with one attached hydrogen (secondary N) is 2. The zero-order chi connectivity index (χ0) is 16.1. The lowest BCUT2D eigenvalue weighted by atomic mass is 10.0. The molecule has 0 aliphatic rings. The van der Waals surface area contributed by atoms with E-state index in [2.05, 4.69) is 22.1 Å². The molecule has 0 fully saturated rings. The van der Waals surface area contributed by atoms with Crippen molar-refractivity contribution in [3.05, 3.63) is 47.7 Å². The summed E-state index contributed by atoms with van der Waals surface area (Å²) in [5.74, 6) is 1.32. The monoisotopic (exact) mass is 301 g/mol. The Balaban J connectivity index is 2.35. The quantitative estimate of drug-likeness (QED) is 0.804. The van der Waals surface area contributed by atoms with Crippen LogP contribution in [-0.4, -0.2) is 30.3 Å². The molecule has 1 amide bonds. The van der Waals surface area contributed by atoms with Gasteiger partial charge in [-0.2, -0.15) is 5.10 Å². The Morgan fingerprint density at radius 2 is 2.14 bits per heavy atom. The second-order valence-electron chi connectivity index (χ2n) is 4.75. The summed E-state index contributed by atoms with van der Waals surface area (Å²) in [5, 5.41) is 9.50. The highest BCUT2D eigenvalue weighted by Crippen LogP contribution is 2.33. The Morgan fingerprint density at radius 3 is 2.68 bits per heavy atom. The van der Waals surface area contributed by atoms with Crippen LogP contribution in [0.4, 0.5) is 5.82 Å². The first-order valence-corrected chi connectivity index (χ1v) is 6.78. The van der Waals surface area contributed by atoms with Crippen molar-refractivity contribution in [3.8, 4) is 11.5 Å². The standard InChI is InChI=1S/C16H19N3O3/c1-5-6-11-8-12(9-13(21-3)15(11)22-4)16(20)17-14-7-10(2)18-19-14/h5,7-9H,1,6H2,2-4H3,(H2,17,18,19,20). The van der Waals surface area contributed by atoms with Crippen molar-refractivity contribution >= 4 is 11.7 Å². The summed E-state index contributed by atoms with van der Waals surface area (Å²) in [6.07, 6.45) is 2.32. The van der Waals surface area contributed by atoms with E-state index in [1.807, 2.05) is 6.92 Å². The van der Waals surface area contributed by atoms with Crippen molar-refractivity contribution < 1.29 is 14.3 Å². The van der Waals surface area contributed by atoms with Crippen molar-refractivity contribution in [2.75, 3.05) is 19.5 Å². The molecule has 2 aromatic rings. The number of hydrogen-bond donors (Lipinski definition) is 2. The number of H-pyrrole nitrogens is 1. The molecule has 1 aromatic heterocycles. The Hall–Kier alpha value is -2.76. The molecule has 0 saturated carbocycles.